The Morgan fingerprint density at radius 3 is 2.64 bits per heavy atom. The fourth-order valence-corrected chi connectivity index (χ4v) is 6.34. The van der Waals surface area contributed by atoms with Crippen LogP contribution in [0.25, 0.3) is 0 Å². The van der Waals surface area contributed by atoms with Crippen molar-refractivity contribution in [2.75, 3.05) is 29.9 Å². The topological polar surface area (TPSA) is 95.4 Å². The Hall–Kier alpha value is -2.61. The summed E-state index contributed by atoms with van der Waals surface area (Å²) < 4.78 is 27.2. The number of rotatable bonds is 8. The van der Waals surface area contributed by atoms with Gasteiger partial charge >= 0.3 is 0 Å². The third kappa shape index (κ3) is 4.71. The molecule has 3 aliphatic rings. The zero-order valence-corrected chi connectivity index (χ0v) is 20.0. The Balaban J connectivity index is 1.42. The summed E-state index contributed by atoms with van der Waals surface area (Å²) >= 11 is 0. The minimum Gasteiger partial charge on any atom is -0.478 e. The highest BCUT2D eigenvalue weighted by Crippen LogP contribution is 2.54. The number of pyridine rings is 1. The van der Waals surface area contributed by atoms with Crippen molar-refractivity contribution < 1.29 is 13.7 Å². The van der Waals surface area contributed by atoms with Crippen molar-refractivity contribution in [2.24, 2.45) is 5.41 Å². The van der Waals surface area contributed by atoms with Crippen molar-refractivity contribution in [1.82, 2.24) is 4.98 Å². The second-order valence-corrected chi connectivity index (χ2v) is 12.0. The lowest BCUT2D eigenvalue weighted by Crippen LogP contribution is -2.36. The summed E-state index contributed by atoms with van der Waals surface area (Å²) in [6.07, 6.45) is 7.41. The second-order valence-electron chi connectivity index (χ2n) is 9.63. The third-order valence-electron chi connectivity index (χ3n) is 7.10. The average Bonchev–Trinajstić information content (AvgIpc) is 3.74. The third-order valence-corrected chi connectivity index (χ3v) is 9.46. The summed E-state index contributed by atoms with van der Waals surface area (Å²) in [4.78, 5) is 20.5. The van der Waals surface area contributed by atoms with Crippen LogP contribution in [-0.2, 0) is 9.73 Å². The number of nitrogens with zero attached hydrogens (tertiary/aromatic N) is 2. The molecule has 3 fully saturated rings. The van der Waals surface area contributed by atoms with Gasteiger partial charge in [0, 0.05) is 29.3 Å². The number of hydrogen-bond acceptors (Lipinski definition) is 6. The molecule has 2 heterocycles. The number of carbonyl (C=O) groups excluding carboxylic acids is 1. The van der Waals surface area contributed by atoms with Crippen LogP contribution in [0.2, 0.25) is 0 Å². The zero-order chi connectivity index (χ0) is 23.1. The minimum absolute atomic E-state index is 0.0591. The molecule has 1 aromatic carbocycles. The first-order valence-corrected chi connectivity index (χ1v) is 13.6. The van der Waals surface area contributed by atoms with Crippen LogP contribution in [0.3, 0.4) is 0 Å². The summed E-state index contributed by atoms with van der Waals surface area (Å²) in [5.41, 5.74) is 1.81. The summed E-state index contributed by atoms with van der Waals surface area (Å²) in [7, 11) is -2.84. The molecule has 1 amide bonds. The molecular formula is C25H32N4O3S. The number of carbonyl (C=O) groups is 1. The molecule has 5 rings (SSSR count). The van der Waals surface area contributed by atoms with Crippen molar-refractivity contribution in [2.45, 2.75) is 62.0 Å². The van der Waals surface area contributed by atoms with E-state index in [1.54, 1.807) is 24.3 Å². The van der Waals surface area contributed by atoms with Gasteiger partial charge in [0.05, 0.1) is 27.6 Å². The van der Waals surface area contributed by atoms with Crippen molar-refractivity contribution in [3.05, 3.63) is 42.0 Å². The molecule has 0 unspecified atom stereocenters. The van der Waals surface area contributed by atoms with Crippen LogP contribution in [0.1, 0.15) is 62.2 Å². The quantitative estimate of drug-likeness (QED) is 0.564. The highest BCUT2D eigenvalue weighted by Gasteiger charge is 2.45. The normalized spacial score (nSPS) is 20.8. The minimum atomic E-state index is -2.84. The lowest BCUT2D eigenvalue weighted by molar-refractivity contribution is 0.102. The van der Waals surface area contributed by atoms with Crippen LogP contribution in [0, 0.1) is 10.2 Å². The number of piperidine rings is 1. The van der Waals surface area contributed by atoms with E-state index >= 15 is 0 Å². The Labute approximate surface area is 195 Å². The number of amides is 1. The molecule has 1 spiro atoms. The Kier molecular flexibility index (Phi) is 5.80. The molecule has 176 valence electrons. The van der Waals surface area contributed by atoms with E-state index in [9.17, 15) is 9.00 Å². The van der Waals surface area contributed by atoms with E-state index in [-0.39, 0.29) is 11.2 Å². The van der Waals surface area contributed by atoms with Gasteiger partial charge in [0.15, 0.2) is 0 Å². The summed E-state index contributed by atoms with van der Waals surface area (Å²) in [6, 6.07) is 10.6. The van der Waals surface area contributed by atoms with E-state index in [1.807, 2.05) is 19.1 Å². The van der Waals surface area contributed by atoms with E-state index in [0.717, 1.165) is 50.9 Å². The van der Waals surface area contributed by atoms with Gasteiger partial charge in [0.1, 0.15) is 5.82 Å². The van der Waals surface area contributed by atoms with Crippen LogP contribution in [0.15, 0.2) is 41.3 Å². The maximum Gasteiger partial charge on any atom is 0.258 e. The Bertz CT molecular complexity index is 1150. The molecule has 1 atom stereocenters. The van der Waals surface area contributed by atoms with E-state index in [1.165, 1.54) is 12.8 Å². The fourth-order valence-electron chi connectivity index (χ4n) is 4.60. The van der Waals surface area contributed by atoms with Gasteiger partial charge in [-0.25, -0.2) is 8.99 Å². The fraction of sp³-hybridized carbons (Fsp3) is 0.520. The van der Waals surface area contributed by atoms with E-state index in [0.29, 0.717) is 34.2 Å². The molecule has 1 saturated heterocycles. The largest absolute Gasteiger partial charge is 0.478 e. The van der Waals surface area contributed by atoms with Gasteiger partial charge in [0.2, 0.25) is 5.88 Å². The van der Waals surface area contributed by atoms with Crippen molar-refractivity contribution >= 4 is 27.1 Å². The number of aromatic nitrogens is 1. The molecule has 2 N–H and O–H groups in total. The van der Waals surface area contributed by atoms with Gasteiger partial charge < -0.3 is 15.0 Å². The molecule has 1 aliphatic heterocycles. The molecule has 0 bridgehead atoms. The van der Waals surface area contributed by atoms with E-state index in [2.05, 4.69) is 15.2 Å². The SMILES string of the molecule is CCCOc1cccc(NC(=O)c2ccc([S@](=N)(=O)C3CC3)cc2N2CCC3(CC2)CC3)n1. The van der Waals surface area contributed by atoms with Crippen molar-refractivity contribution in [1.29, 1.82) is 4.78 Å². The van der Waals surface area contributed by atoms with Crippen LogP contribution < -0.4 is 15.0 Å². The summed E-state index contributed by atoms with van der Waals surface area (Å²) in [5, 5.41) is 2.84. The summed E-state index contributed by atoms with van der Waals surface area (Å²) in [6.45, 7) is 4.36. The maximum absolute atomic E-state index is 13.3. The van der Waals surface area contributed by atoms with Crippen LogP contribution >= 0.6 is 0 Å². The zero-order valence-electron chi connectivity index (χ0n) is 19.1. The standard InChI is InChI=1S/C25H32N4O3S/c1-2-16-32-23-5-3-4-22(27-23)28-24(30)20-9-8-19(33(26,31)18-6-7-18)17-21(20)29-14-12-25(10-11-25)13-15-29/h3-5,8-9,17-18,26H,2,6-7,10-16H2,1H3,(H,27,28,30)/t33-/m1/s1. The van der Waals surface area contributed by atoms with E-state index in [4.69, 9.17) is 9.52 Å². The summed E-state index contributed by atoms with van der Waals surface area (Å²) in [5.74, 6) is 0.655. The van der Waals surface area contributed by atoms with Crippen molar-refractivity contribution in [3.8, 4) is 5.88 Å². The second kappa shape index (κ2) is 8.63. The van der Waals surface area contributed by atoms with E-state index < -0.39 is 9.73 Å². The first-order valence-electron chi connectivity index (χ1n) is 12.0. The molecule has 0 radical (unpaired) electrons. The van der Waals surface area contributed by atoms with Gasteiger partial charge in [0.25, 0.3) is 5.91 Å². The smallest absolute Gasteiger partial charge is 0.258 e. The monoisotopic (exact) mass is 468 g/mol. The molecule has 2 saturated carbocycles. The number of anilines is 2. The molecule has 2 aromatic rings. The number of ether oxygens (including phenoxy) is 1. The van der Waals surface area contributed by atoms with Gasteiger partial charge in [-0.15, -0.1) is 0 Å². The molecule has 8 heteroatoms. The van der Waals surface area contributed by atoms with Gasteiger partial charge in [-0.3, -0.25) is 4.79 Å². The highest BCUT2D eigenvalue weighted by atomic mass is 32.2. The average molecular weight is 469 g/mol. The Morgan fingerprint density at radius 2 is 1.97 bits per heavy atom. The Morgan fingerprint density at radius 1 is 1.21 bits per heavy atom. The van der Waals surface area contributed by atoms with Gasteiger partial charge in [-0.1, -0.05) is 13.0 Å². The van der Waals surface area contributed by atoms with Crippen LogP contribution in [-0.4, -0.2) is 40.0 Å². The van der Waals surface area contributed by atoms with Crippen LogP contribution in [0.4, 0.5) is 11.5 Å². The molecule has 33 heavy (non-hydrogen) atoms. The van der Waals surface area contributed by atoms with Crippen molar-refractivity contribution in [3.63, 3.8) is 0 Å². The first kappa shape index (κ1) is 22.2. The molecule has 2 aliphatic carbocycles. The molecule has 7 nitrogen and oxygen atoms in total. The molecular weight excluding hydrogens is 436 g/mol. The lowest BCUT2D eigenvalue weighted by Gasteiger charge is -2.35. The van der Waals surface area contributed by atoms with Gasteiger partial charge in [-0.05, 0) is 74.6 Å². The number of hydrogen-bond donors (Lipinski definition) is 2. The molecule has 1 aromatic heterocycles. The first-order chi connectivity index (χ1) is 15.9. The van der Waals surface area contributed by atoms with Gasteiger partial charge in [-0.2, -0.15) is 4.98 Å². The predicted molar refractivity (Wildman–Crippen MR) is 130 cm³/mol. The maximum atomic E-state index is 13.3. The predicted octanol–water partition coefficient (Wildman–Crippen LogP) is 5.07. The van der Waals surface area contributed by atoms with Crippen LogP contribution in [0.5, 0.6) is 5.88 Å². The highest BCUT2D eigenvalue weighted by molar-refractivity contribution is 7.93. The lowest BCUT2D eigenvalue weighted by atomic mass is 9.93. The number of benzene rings is 1. The number of nitrogens with one attached hydrogen (secondary N) is 2.